The molecule has 0 saturated carbocycles. The quantitative estimate of drug-likeness (QED) is 0.192. The third kappa shape index (κ3) is 6.77. The Bertz CT molecular complexity index is 1580. The van der Waals surface area contributed by atoms with Crippen LogP contribution >= 0.6 is 11.6 Å². The molecule has 4 aromatic rings. The second-order valence-corrected chi connectivity index (χ2v) is 10.7. The van der Waals surface area contributed by atoms with Crippen LogP contribution in [0.5, 0.6) is 11.5 Å². The molecule has 0 spiro atoms. The van der Waals surface area contributed by atoms with Gasteiger partial charge >= 0.3 is 12.2 Å². The molecule has 0 bridgehead atoms. The summed E-state index contributed by atoms with van der Waals surface area (Å²) in [5.74, 6) is -0.317. The smallest absolute Gasteiger partial charge is 0.416 e. The highest BCUT2D eigenvalue weighted by molar-refractivity contribution is 6.36. The summed E-state index contributed by atoms with van der Waals surface area (Å²) in [7, 11) is 4.01. The van der Waals surface area contributed by atoms with Gasteiger partial charge in [-0.3, -0.25) is 4.90 Å². The van der Waals surface area contributed by atoms with Crippen LogP contribution in [0.3, 0.4) is 0 Å². The number of piperidine rings is 1. The topological polar surface area (TPSA) is 85.5 Å². The molecule has 42 heavy (non-hydrogen) atoms. The molecule has 0 atom stereocenters. The van der Waals surface area contributed by atoms with Crippen LogP contribution in [-0.4, -0.2) is 59.0 Å². The monoisotopic (exact) mass is 604 g/mol. The number of ether oxygens (including phenoxy) is 1. The Morgan fingerprint density at radius 2 is 1.90 bits per heavy atom. The van der Waals surface area contributed by atoms with Crippen molar-refractivity contribution in [2.75, 3.05) is 37.8 Å². The van der Waals surface area contributed by atoms with E-state index in [1.165, 1.54) is 30.5 Å². The molecule has 2 aromatic heterocycles. The Labute approximate surface area is 244 Å². The molecule has 3 heterocycles. The van der Waals surface area contributed by atoms with Crippen LogP contribution in [-0.2, 0) is 12.7 Å². The minimum atomic E-state index is -4.61. The first kappa shape index (κ1) is 29.6. The van der Waals surface area contributed by atoms with Gasteiger partial charge in [0.2, 0.25) is 0 Å². The Morgan fingerprint density at radius 1 is 1.14 bits per heavy atom. The molecule has 2 amide bonds. The van der Waals surface area contributed by atoms with Crippen molar-refractivity contribution < 1.29 is 27.1 Å². The zero-order chi connectivity index (χ0) is 30.0. The summed E-state index contributed by atoms with van der Waals surface area (Å²) < 4.78 is 62.4. The number of aromatic amines is 1. The van der Waals surface area contributed by atoms with Gasteiger partial charge in [-0.1, -0.05) is 17.7 Å². The van der Waals surface area contributed by atoms with E-state index in [4.69, 9.17) is 16.3 Å². The first-order chi connectivity index (χ1) is 20.0. The summed E-state index contributed by atoms with van der Waals surface area (Å²) in [6.45, 7) is 1.55. The third-order valence-corrected chi connectivity index (χ3v) is 7.56. The number of nitrogens with zero attached hydrogens (tertiary/aromatic N) is 3. The van der Waals surface area contributed by atoms with E-state index in [-0.39, 0.29) is 29.2 Å². The number of fused-ring (bicyclic) bond motifs is 1. The second kappa shape index (κ2) is 12.2. The van der Waals surface area contributed by atoms with Crippen molar-refractivity contribution in [3.63, 3.8) is 0 Å². The third-order valence-electron chi connectivity index (χ3n) is 7.26. The summed E-state index contributed by atoms with van der Waals surface area (Å²) in [5, 5.41) is 5.60. The molecule has 1 fully saturated rings. The number of urea groups is 1. The number of halogens is 5. The summed E-state index contributed by atoms with van der Waals surface area (Å²) in [6, 6.07) is 8.56. The number of carbonyl (C=O) groups excluding carboxylic acids is 1. The van der Waals surface area contributed by atoms with E-state index in [0.717, 1.165) is 25.0 Å². The van der Waals surface area contributed by atoms with E-state index in [0.29, 0.717) is 40.9 Å². The fraction of sp³-hybridized carbons (Fsp3) is 0.310. The van der Waals surface area contributed by atoms with Crippen LogP contribution in [0.25, 0.3) is 11.0 Å². The van der Waals surface area contributed by atoms with Gasteiger partial charge in [0.15, 0.2) is 0 Å². The number of aromatic nitrogens is 2. The van der Waals surface area contributed by atoms with Crippen molar-refractivity contribution in [2.45, 2.75) is 31.6 Å². The van der Waals surface area contributed by atoms with Crippen molar-refractivity contribution in [3.8, 4) is 11.5 Å². The highest BCUT2D eigenvalue weighted by atomic mass is 35.5. The predicted octanol–water partition coefficient (Wildman–Crippen LogP) is 7.34. The molecule has 5 rings (SSSR count). The molecule has 1 aliphatic rings. The Balaban J connectivity index is 1.24. The van der Waals surface area contributed by atoms with E-state index < -0.39 is 23.6 Å². The van der Waals surface area contributed by atoms with Crippen molar-refractivity contribution in [2.24, 2.45) is 0 Å². The van der Waals surface area contributed by atoms with E-state index in [1.807, 2.05) is 19.0 Å². The van der Waals surface area contributed by atoms with Crippen molar-refractivity contribution in [1.82, 2.24) is 19.8 Å². The minimum absolute atomic E-state index is 0.0691. The van der Waals surface area contributed by atoms with Crippen LogP contribution < -0.4 is 15.4 Å². The van der Waals surface area contributed by atoms with E-state index in [9.17, 15) is 22.4 Å². The lowest BCUT2D eigenvalue weighted by Gasteiger charge is -2.35. The molecule has 3 N–H and O–H groups in total. The minimum Gasteiger partial charge on any atom is -0.456 e. The summed E-state index contributed by atoms with van der Waals surface area (Å²) >= 11 is 6.18. The fourth-order valence-electron chi connectivity index (χ4n) is 5.04. The van der Waals surface area contributed by atoms with Gasteiger partial charge in [0.1, 0.15) is 23.0 Å². The Kier molecular flexibility index (Phi) is 8.58. The van der Waals surface area contributed by atoms with E-state index in [1.54, 1.807) is 12.3 Å². The first-order valence-corrected chi connectivity index (χ1v) is 13.6. The van der Waals surface area contributed by atoms with Gasteiger partial charge in [-0.2, -0.15) is 13.2 Å². The zero-order valence-electron chi connectivity index (χ0n) is 22.9. The fourth-order valence-corrected chi connectivity index (χ4v) is 5.27. The number of alkyl halides is 3. The molecule has 1 saturated heterocycles. The van der Waals surface area contributed by atoms with Gasteiger partial charge in [-0.15, -0.1) is 0 Å². The summed E-state index contributed by atoms with van der Waals surface area (Å²) in [4.78, 5) is 23.8. The Morgan fingerprint density at radius 3 is 2.60 bits per heavy atom. The molecule has 2 aromatic carbocycles. The number of likely N-dealkylation sites (tertiary alicyclic amines) is 1. The number of anilines is 2. The van der Waals surface area contributed by atoms with Crippen molar-refractivity contribution in [3.05, 3.63) is 76.8 Å². The number of carbonyl (C=O) groups is 1. The van der Waals surface area contributed by atoms with Crippen LogP contribution in [0.15, 0.2) is 54.9 Å². The van der Waals surface area contributed by atoms with Crippen molar-refractivity contribution >= 4 is 40.0 Å². The Hall–Kier alpha value is -3.87. The predicted molar refractivity (Wildman–Crippen MR) is 154 cm³/mol. The molecular formula is C29H29ClF4N6O2. The summed E-state index contributed by atoms with van der Waals surface area (Å²) in [5.41, 5.74) is -0.450. The van der Waals surface area contributed by atoms with Gasteiger partial charge in [0.05, 0.1) is 21.7 Å². The maximum absolute atomic E-state index is 14.8. The zero-order valence-corrected chi connectivity index (χ0v) is 23.6. The molecular weight excluding hydrogens is 576 g/mol. The van der Waals surface area contributed by atoms with Gasteiger partial charge < -0.3 is 25.3 Å². The number of nitrogens with one attached hydrogen (secondary N) is 3. The van der Waals surface area contributed by atoms with Crippen LogP contribution in [0, 0.1) is 5.82 Å². The number of rotatable bonds is 7. The molecule has 0 aliphatic carbocycles. The number of hydrogen-bond acceptors (Lipinski definition) is 5. The SMILES string of the molecule is CN(C)C1CCN(Cc2ccc(NC(=O)Nc3ccc(Oc4ccnc5[nH]cc(Cl)c45)cc3F)cc2C(F)(F)F)CC1. The summed E-state index contributed by atoms with van der Waals surface area (Å²) in [6.07, 6.45) is 0.211. The normalized spacial score (nSPS) is 14.9. The van der Waals surface area contributed by atoms with Crippen molar-refractivity contribution in [1.29, 1.82) is 0 Å². The maximum atomic E-state index is 14.8. The number of H-pyrrole nitrogens is 1. The highest BCUT2D eigenvalue weighted by Crippen LogP contribution is 2.36. The number of benzene rings is 2. The molecule has 0 unspecified atom stereocenters. The van der Waals surface area contributed by atoms with Gasteiger partial charge in [0, 0.05) is 36.7 Å². The highest BCUT2D eigenvalue weighted by Gasteiger charge is 2.34. The number of amides is 2. The number of pyridine rings is 1. The lowest BCUT2D eigenvalue weighted by Crippen LogP contribution is -2.41. The standard InChI is InChI=1S/C29H29ClF4N6O2/c1-39(2)19-8-11-40(12-9-19)16-17-3-4-18(13-21(17)29(32,33)34)37-28(41)38-24-6-5-20(14-23(24)31)42-25-7-10-35-27-26(25)22(30)15-36-27/h3-7,10,13-15,19H,8-9,11-12,16H2,1-2H3,(H,35,36)(H2,37,38,41). The molecule has 222 valence electrons. The van der Waals surface area contributed by atoms with Crippen LogP contribution in [0.2, 0.25) is 5.02 Å². The molecule has 8 nitrogen and oxygen atoms in total. The lowest BCUT2D eigenvalue weighted by atomic mass is 10.0. The van der Waals surface area contributed by atoms with Gasteiger partial charge in [-0.05, 0) is 75.9 Å². The lowest BCUT2D eigenvalue weighted by molar-refractivity contribution is -0.138. The second-order valence-electron chi connectivity index (χ2n) is 10.3. The van der Waals surface area contributed by atoms with Gasteiger partial charge in [-0.25, -0.2) is 14.2 Å². The first-order valence-electron chi connectivity index (χ1n) is 13.2. The van der Waals surface area contributed by atoms with Crippen LogP contribution in [0.4, 0.5) is 33.7 Å². The van der Waals surface area contributed by atoms with E-state index in [2.05, 4.69) is 25.5 Å². The van der Waals surface area contributed by atoms with Gasteiger partial charge in [0.25, 0.3) is 0 Å². The molecule has 0 radical (unpaired) electrons. The maximum Gasteiger partial charge on any atom is 0.416 e. The number of hydrogen-bond donors (Lipinski definition) is 3. The largest absolute Gasteiger partial charge is 0.456 e. The average molecular weight is 605 g/mol. The van der Waals surface area contributed by atoms with E-state index >= 15 is 0 Å². The molecule has 1 aliphatic heterocycles. The average Bonchev–Trinajstić information content (AvgIpc) is 3.32. The van der Waals surface area contributed by atoms with Crippen LogP contribution in [0.1, 0.15) is 24.0 Å². The molecule has 13 heteroatoms.